The molecular formula is C12H13Br2F3N2OS. The second kappa shape index (κ2) is 6.97. The maximum absolute atomic E-state index is 12.3. The standard InChI is InChI=1S/C12H13Br2F3N2OS/c13-8-3-9(21-10(8)14)11(20)18-4-7-1-2-19(5-7)6-12(15,16)17/h3,7H,1-2,4-6H2,(H,18,20). The first-order valence-corrected chi connectivity index (χ1v) is 8.67. The third kappa shape index (κ3) is 5.22. The van der Waals surface area contributed by atoms with Gasteiger partial charge in [-0.15, -0.1) is 11.3 Å². The summed E-state index contributed by atoms with van der Waals surface area (Å²) in [5.74, 6) is -0.121. The van der Waals surface area contributed by atoms with Gasteiger partial charge < -0.3 is 5.32 Å². The van der Waals surface area contributed by atoms with E-state index in [1.54, 1.807) is 6.07 Å². The van der Waals surface area contributed by atoms with Crippen molar-refractivity contribution >= 4 is 49.1 Å². The molecule has 9 heteroatoms. The van der Waals surface area contributed by atoms with Crippen molar-refractivity contribution in [3.8, 4) is 0 Å². The van der Waals surface area contributed by atoms with E-state index >= 15 is 0 Å². The number of amides is 1. The lowest BCUT2D eigenvalue weighted by Gasteiger charge is -2.17. The molecule has 1 saturated heterocycles. The number of rotatable bonds is 4. The zero-order valence-electron chi connectivity index (χ0n) is 10.8. The number of nitrogens with one attached hydrogen (secondary N) is 1. The number of nitrogens with zero attached hydrogens (tertiary/aromatic N) is 1. The van der Waals surface area contributed by atoms with Crippen LogP contribution in [-0.2, 0) is 0 Å². The molecule has 1 aliphatic heterocycles. The number of alkyl halides is 3. The molecule has 0 aromatic carbocycles. The van der Waals surface area contributed by atoms with E-state index in [-0.39, 0.29) is 11.8 Å². The Morgan fingerprint density at radius 3 is 2.76 bits per heavy atom. The summed E-state index contributed by atoms with van der Waals surface area (Å²) in [5.41, 5.74) is 0. The van der Waals surface area contributed by atoms with Crippen LogP contribution in [0.5, 0.6) is 0 Å². The van der Waals surface area contributed by atoms with Gasteiger partial charge in [0.25, 0.3) is 5.91 Å². The first-order chi connectivity index (χ1) is 9.74. The second-order valence-electron chi connectivity index (χ2n) is 4.95. The highest BCUT2D eigenvalue weighted by atomic mass is 79.9. The van der Waals surface area contributed by atoms with E-state index in [4.69, 9.17) is 0 Å². The molecule has 0 saturated carbocycles. The Hall–Kier alpha value is -0.120. The quantitative estimate of drug-likeness (QED) is 0.756. The maximum atomic E-state index is 12.3. The van der Waals surface area contributed by atoms with Crippen LogP contribution in [0.15, 0.2) is 14.3 Å². The van der Waals surface area contributed by atoms with Crippen molar-refractivity contribution in [2.75, 3.05) is 26.2 Å². The summed E-state index contributed by atoms with van der Waals surface area (Å²) < 4.78 is 38.5. The molecule has 1 aromatic heterocycles. The zero-order chi connectivity index (χ0) is 15.6. The smallest absolute Gasteiger partial charge is 0.351 e. The van der Waals surface area contributed by atoms with Crippen LogP contribution in [0.1, 0.15) is 16.1 Å². The summed E-state index contributed by atoms with van der Waals surface area (Å²) in [7, 11) is 0. The van der Waals surface area contributed by atoms with Gasteiger partial charge in [0, 0.05) is 17.6 Å². The van der Waals surface area contributed by atoms with Crippen molar-refractivity contribution in [3.63, 3.8) is 0 Å². The van der Waals surface area contributed by atoms with Crippen molar-refractivity contribution in [2.24, 2.45) is 5.92 Å². The van der Waals surface area contributed by atoms with Gasteiger partial charge in [-0.3, -0.25) is 9.69 Å². The van der Waals surface area contributed by atoms with Gasteiger partial charge in [0.1, 0.15) is 0 Å². The summed E-state index contributed by atoms with van der Waals surface area (Å²) in [6.07, 6.45) is -3.48. The van der Waals surface area contributed by atoms with Gasteiger partial charge in [-0.05, 0) is 56.8 Å². The van der Waals surface area contributed by atoms with E-state index in [0.717, 1.165) is 8.26 Å². The molecule has 2 heterocycles. The number of thiophene rings is 1. The van der Waals surface area contributed by atoms with Gasteiger partial charge in [-0.2, -0.15) is 13.2 Å². The first kappa shape index (κ1) is 17.2. The van der Waals surface area contributed by atoms with Crippen LogP contribution in [0.3, 0.4) is 0 Å². The average molecular weight is 450 g/mol. The Bertz CT molecular complexity index is 502. The van der Waals surface area contributed by atoms with Gasteiger partial charge in [-0.25, -0.2) is 0 Å². The fraction of sp³-hybridized carbons (Fsp3) is 0.583. The van der Waals surface area contributed by atoms with E-state index in [2.05, 4.69) is 37.2 Å². The van der Waals surface area contributed by atoms with E-state index < -0.39 is 12.7 Å². The van der Waals surface area contributed by atoms with Gasteiger partial charge in [0.2, 0.25) is 0 Å². The van der Waals surface area contributed by atoms with E-state index in [9.17, 15) is 18.0 Å². The van der Waals surface area contributed by atoms with E-state index in [1.807, 2.05) is 0 Å². The number of hydrogen-bond donors (Lipinski definition) is 1. The Kier molecular flexibility index (Phi) is 5.72. The molecule has 1 amide bonds. The molecule has 1 N–H and O–H groups in total. The van der Waals surface area contributed by atoms with Crippen LogP contribution in [0.25, 0.3) is 0 Å². The second-order valence-corrected chi connectivity index (χ2v) is 8.17. The predicted octanol–water partition coefficient (Wildman–Crippen LogP) is 3.89. The highest BCUT2D eigenvalue weighted by molar-refractivity contribution is 9.13. The molecule has 118 valence electrons. The fourth-order valence-corrected chi connectivity index (χ4v) is 4.21. The molecule has 21 heavy (non-hydrogen) atoms. The van der Waals surface area contributed by atoms with Gasteiger partial charge in [-0.1, -0.05) is 0 Å². The molecule has 1 aliphatic rings. The lowest BCUT2D eigenvalue weighted by atomic mass is 10.1. The van der Waals surface area contributed by atoms with Crippen LogP contribution in [0.2, 0.25) is 0 Å². The highest BCUT2D eigenvalue weighted by Crippen LogP contribution is 2.32. The summed E-state index contributed by atoms with van der Waals surface area (Å²) in [6.45, 7) is 0.330. The number of halogens is 5. The summed E-state index contributed by atoms with van der Waals surface area (Å²) in [4.78, 5) is 13.9. The predicted molar refractivity (Wildman–Crippen MR) is 82.7 cm³/mol. The van der Waals surface area contributed by atoms with Gasteiger partial charge >= 0.3 is 6.18 Å². The van der Waals surface area contributed by atoms with Crippen molar-refractivity contribution in [3.05, 3.63) is 19.2 Å². The Morgan fingerprint density at radius 1 is 1.48 bits per heavy atom. The molecule has 0 radical (unpaired) electrons. The van der Waals surface area contributed by atoms with Crippen molar-refractivity contribution in [1.29, 1.82) is 0 Å². The number of likely N-dealkylation sites (tertiary alicyclic amines) is 1. The average Bonchev–Trinajstić information content (AvgIpc) is 2.92. The van der Waals surface area contributed by atoms with Crippen LogP contribution in [0, 0.1) is 5.92 Å². The Labute approximate surface area is 141 Å². The summed E-state index contributed by atoms with van der Waals surface area (Å²) in [6, 6.07) is 1.72. The first-order valence-electron chi connectivity index (χ1n) is 6.27. The fourth-order valence-electron chi connectivity index (χ4n) is 2.26. The normalized spacial score (nSPS) is 20.0. The Balaban J connectivity index is 1.78. The van der Waals surface area contributed by atoms with Crippen LogP contribution in [-0.4, -0.2) is 43.2 Å². The molecule has 3 nitrogen and oxygen atoms in total. The molecular weight excluding hydrogens is 437 g/mol. The highest BCUT2D eigenvalue weighted by Gasteiger charge is 2.34. The zero-order valence-corrected chi connectivity index (χ0v) is 14.8. The van der Waals surface area contributed by atoms with Crippen LogP contribution >= 0.6 is 43.2 Å². The minimum absolute atomic E-state index is 0.0724. The van der Waals surface area contributed by atoms with Crippen molar-refractivity contribution in [2.45, 2.75) is 12.6 Å². The lowest BCUT2D eigenvalue weighted by molar-refractivity contribution is -0.143. The molecule has 1 unspecified atom stereocenters. The number of carbonyl (C=O) groups excluding carboxylic acids is 1. The lowest BCUT2D eigenvalue weighted by Crippen LogP contribution is -2.34. The summed E-state index contributed by atoms with van der Waals surface area (Å²) in [5, 5.41) is 2.79. The van der Waals surface area contributed by atoms with E-state index in [1.165, 1.54) is 16.2 Å². The number of carbonyl (C=O) groups is 1. The SMILES string of the molecule is O=C(NCC1CCN(CC(F)(F)F)C1)c1cc(Br)c(Br)s1. The van der Waals surface area contributed by atoms with Gasteiger partial charge in [0.05, 0.1) is 15.2 Å². The molecule has 1 aromatic rings. The largest absolute Gasteiger partial charge is 0.401 e. The molecule has 0 aliphatic carbocycles. The molecule has 1 fully saturated rings. The van der Waals surface area contributed by atoms with E-state index in [0.29, 0.717) is 30.9 Å². The monoisotopic (exact) mass is 448 g/mol. The number of hydrogen-bond acceptors (Lipinski definition) is 3. The van der Waals surface area contributed by atoms with Crippen molar-refractivity contribution in [1.82, 2.24) is 10.2 Å². The maximum Gasteiger partial charge on any atom is 0.401 e. The topological polar surface area (TPSA) is 32.3 Å². The minimum Gasteiger partial charge on any atom is -0.351 e. The summed E-state index contributed by atoms with van der Waals surface area (Å²) >= 11 is 7.94. The third-order valence-corrected chi connectivity index (χ3v) is 6.45. The third-order valence-electron chi connectivity index (χ3n) is 3.19. The van der Waals surface area contributed by atoms with Gasteiger partial charge in [0.15, 0.2) is 0 Å². The van der Waals surface area contributed by atoms with Crippen LogP contribution < -0.4 is 5.32 Å². The molecule has 0 bridgehead atoms. The Morgan fingerprint density at radius 2 is 2.19 bits per heavy atom. The molecule has 1 atom stereocenters. The van der Waals surface area contributed by atoms with Crippen molar-refractivity contribution < 1.29 is 18.0 Å². The van der Waals surface area contributed by atoms with Crippen LogP contribution in [0.4, 0.5) is 13.2 Å². The molecule has 2 rings (SSSR count). The minimum atomic E-state index is -4.16. The molecule has 0 spiro atoms.